The average molecular weight is 459 g/mol. The minimum absolute atomic E-state index is 0.0611. The first-order valence-electron chi connectivity index (χ1n) is 10.7. The molecule has 2 N–H and O–H groups in total. The van der Waals surface area contributed by atoms with Gasteiger partial charge in [-0.15, -0.1) is 5.10 Å². The van der Waals surface area contributed by atoms with E-state index in [2.05, 4.69) is 46.7 Å². The zero-order valence-electron chi connectivity index (χ0n) is 19.1. The predicted molar refractivity (Wildman–Crippen MR) is 132 cm³/mol. The maximum atomic E-state index is 12.9. The van der Waals surface area contributed by atoms with Gasteiger partial charge in [0, 0.05) is 22.1 Å². The second-order valence-electron chi connectivity index (χ2n) is 8.80. The van der Waals surface area contributed by atoms with E-state index in [1.54, 1.807) is 11.8 Å². The third-order valence-corrected chi connectivity index (χ3v) is 5.98. The number of H-pyrrole nitrogens is 1. The lowest BCUT2D eigenvalue weighted by Gasteiger charge is -2.20. The number of hydrogen-bond acceptors (Lipinski definition) is 6. The molecule has 0 aliphatic rings. The highest BCUT2D eigenvalue weighted by Crippen LogP contribution is 2.38. The van der Waals surface area contributed by atoms with Gasteiger partial charge in [-0.25, -0.2) is 10.1 Å². The molecule has 0 fully saturated rings. The van der Waals surface area contributed by atoms with Crippen molar-refractivity contribution in [3.8, 4) is 22.5 Å². The molecule has 8 heteroatoms. The quantitative estimate of drug-likeness (QED) is 0.380. The molecule has 168 valence electrons. The van der Waals surface area contributed by atoms with E-state index in [0.717, 1.165) is 27.3 Å². The highest BCUT2D eigenvalue weighted by Gasteiger charge is 2.19. The summed E-state index contributed by atoms with van der Waals surface area (Å²) < 4.78 is -0.0611. The van der Waals surface area contributed by atoms with Gasteiger partial charge in [-0.05, 0) is 34.5 Å². The first-order chi connectivity index (χ1) is 15.8. The first kappa shape index (κ1) is 22.7. The van der Waals surface area contributed by atoms with Gasteiger partial charge in [-0.3, -0.25) is 4.79 Å². The Bertz CT molecular complexity index is 1250. The van der Waals surface area contributed by atoms with Gasteiger partial charge < -0.3 is 5.32 Å². The van der Waals surface area contributed by atoms with E-state index in [-0.39, 0.29) is 10.7 Å². The van der Waals surface area contributed by atoms with Crippen molar-refractivity contribution in [1.82, 2.24) is 25.6 Å². The molecule has 0 atom stereocenters. The Balaban J connectivity index is 1.68. The summed E-state index contributed by atoms with van der Waals surface area (Å²) >= 11 is 1.62. The molecule has 0 aliphatic carbocycles. The number of carbonyl (C=O) groups excluding carboxylic acids is 1. The number of anilines is 1. The fourth-order valence-corrected chi connectivity index (χ4v) is 4.27. The highest BCUT2D eigenvalue weighted by atomic mass is 32.2. The Morgan fingerprint density at radius 2 is 1.79 bits per heavy atom. The predicted octanol–water partition coefficient (Wildman–Crippen LogP) is 5.31. The molecule has 4 aromatic rings. The molecule has 0 saturated heterocycles. The van der Waals surface area contributed by atoms with Crippen molar-refractivity contribution in [2.45, 2.75) is 43.9 Å². The van der Waals surface area contributed by atoms with E-state index in [4.69, 9.17) is 4.98 Å². The van der Waals surface area contributed by atoms with Gasteiger partial charge in [0.1, 0.15) is 5.03 Å². The summed E-state index contributed by atoms with van der Waals surface area (Å²) in [5.74, 6) is 0.491. The molecular weight excluding hydrogens is 432 g/mol. The molecule has 4 rings (SSSR count). The summed E-state index contributed by atoms with van der Waals surface area (Å²) in [5, 5.41) is 18.1. The van der Waals surface area contributed by atoms with E-state index < -0.39 is 0 Å². The molecule has 33 heavy (non-hydrogen) atoms. The number of carbonyl (C=O) groups is 1. The van der Waals surface area contributed by atoms with Gasteiger partial charge >= 0.3 is 0 Å². The van der Waals surface area contributed by atoms with Gasteiger partial charge in [-0.1, -0.05) is 86.6 Å². The van der Waals surface area contributed by atoms with Crippen molar-refractivity contribution in [2.75, 3.05) is 5.32 Å². The lowest BCUT2D eigenvalue weighted by atomic mass is 10.0. The molecule has 0 radical (unpaired) electrons. The van der Waals surface area contributed by atoms with E-state index in [1.165, 1.54) is 5.56 Å². The molecular formula is C25H26N6OS. The summed E-state index contributed by atoms with van der Waals surface area (Å²) in [6.07, 6.45) is 2.12. The molecule has 0 aliphatic heterocycles. The van der Waals surface area contributed by atoms with Crippen LogP contribution in [0.15, 0.2) is 65.8 Å². The number of hydrogen-bond donors (Lipinski definition) is 2. The summed E-state index contributed by atoms with van der Waals surface area (Å²) in [5.41, 5.74) is 5.47. The van der Waals surface area contributed by atoms with Crippen LogP contribution in [0.5, 0.6) is 0 Å². The molecule has 0 bridgehead atoms. The molecule has 1 amide bonds. The van der Waals surface area contributed by atoms with Gasteiger partial charge in [0.15, 0.2) is 5.82 Å². The van der Waals surface area contributed by atoms with Crippen LogP contribution < -0.4 is 5.32 Å². The van der Waals surface area contributed by atoms with Crippen molar-refractivity contribution >= 4 is 23.4 Å². The Kier molecular flexibility index (Phi) is 6.55. The van der Waals surface area contributed by atoms with Crippen LogP contribution in [0.25, 0.3) is 22.5 Å². The smallest absolute Gasteiger partial charge is 0.228 e. The van der Waals surface area contributed by atoms with Crippen molar-refractivity contribution in [3.05, 3.63) is 71.9 Å². The monoisotopic (exact) mass is 458 g/mol. The van der Waals surface area contributed by atoms with Crippen LogP contribution >= 0.6 is 11.8 Å². The molecule has 0 saturated carbocycles. The van der Waals surface area contributed by atoms with E-state index >= 15 is 0 Å². The Morgan fingerprint density at radius 3 is 2.45 bits per heavy atom. The lowest BCUT2D eigenvalue weighted by molar-refractivity contribution is -0.115. The summed E-state index contributed by atoms with van der Waals surface area (Å²) in [7, 11) is 0. The number of benzene rings is 2. The largest absolute Gasteiger partial charge is 0.323 e. The molecule has 2 aromatic carbocycles. The number of nitrogens with zero attached hydrogens (tertiary/aromatic N) is 4. The lowest BCUT2D eigenvalue weighted by Crippen LogP contribution is -2.16. The average Bonchev–Trinajstić information content (AvgIpc) is 3.30. The van der Waals surface area contributed by atoms with E-state index in [1.807, 2.05) is 67.7 Å². The second-order valence-corrected chi connectivity index (χ2v) is 10.6. The van der Waals surface area contributed by atoms with Crippen molar-refractivity contribution in [3.63, 3.8) is 0 Å². The number of aromatic amines is 1. The van der Waals surface area contributed by atoms with Crippen LogP contribution in [0.4, 0.5) is 5.69 Å². The number of tetrazole rings is 1. The van der Waals surface area contributed by atoms with Crippen LogP contribution in [-0.2, 0) is 11.2 Å². The van der Waals surface area contributed by atoms with Crippen molar-refractivity contribution in [2.24, 2.45) is 0 Å². The van der Waals surface area contributed by atoms with Crippen molar-refractivity contribution < 1.29 is 4.79 Å². The number of pyridine rings is 1. The third-order valence-electron chi connectivity index (χ3n) is 4.85. The second kappa shape index (κ2) is 9.54. The standard InChI is InChI=1S/C25H26N6OS/c1-16-9-11-17(12-10-16)13-22(32)27-21-14-18(15-26-24(21)33-25(2,3)4)19-7-5-6-8-20(19)23-28-30-31-29-23/h5-12,14-15H,13H2,1-4H3,(H,27,32)(H,28,29,30,31). The van der Waals surface area contributed by atoms with Crippen molar-refractivity contribution in [1.29, 1.82) is 0 Å². The number of rotatable bonds is 6. The van der Waals surface area contributed by atoms with Gasteiger partial charge in [0.2, 0.25) is 5.91 Å². The fourth-order valence-electron chi connectivity index (χ4n) is 3.36. The molecule has 2 heterocycles. The van der Waals surface area contributed by atoms with Crippen LogP contribution in [0.2, 0.25) is 0 Å². The number of amides is 1. The van der Waals surface area contributed by atoms with Crippen LogP contribution in [-0.4, -0.2) is 36.3 Å². The van der Waals surface area contributed by atoms with E-state index in [0.29, 0.717) is 17.9 Å². The zero-order valence-corrected chi connectivity index (χ0v) is 19.9. The van der Waals surface area contributed by atoms with Crippen LogP contribution in [0.1, 0.15) is 31.9 Å². The third kappa shape index (κ3) is 5.84. The number of aromatic nitrogens is 5. The Hall–Kier alpha value is -3.52. The summed E-state index contributed by atoms with van der Waals surface area (Å²) in [6.45, 7) is 8.40. The van der Waals surface area contributed by atoms with Gasteiger partial charge in [0.05, 0.1) is 12.1 Å². The maximum absolute atomic E-state index is 12.9. The Morgan fingerprint density at radius 1 is 1.06 bits per heavy atom. The molecule has 7 nitrogen and oxygen atoms in total. The fraction of sp³-hybridized carbons (Fsp3) is 0.240. The Labute approximate surface area is 197 Å². The number of aryl methyl sites for hydroxylation is 1. The zero-order chi connectivity index (χ0) is 23.4. The van der Waals surface area contributed by atoms with Crippen LogP contribution in [0.3, 0.4) is 0 Å². The maximum Gasteiger partial charge on any atom is 0.228 e. The molecule has 2 aromatic heterocycles. The van der Waals surface area contributed by atoms with Gasteiger partial charge in [-0.2, -0.15) is 0 Å². The SMILES string of the molecule is Cc1ccc(CC(=O)Nc2cc(-c3ccccc3-c3nnn[nH]3)cnc2SC(C)(C)C)cc1. The van der Waals surface area contributed by atoms with Gasteiger partial charge in [0.25, 0.3) is 0 Å². The minimum atomic E-state index is -0.0821. The minimum Gasteiger partial charge on any atom is -0.323 e. The highest BCUT2D eigenvalue weighted by molar-refractivity contribution is 8.00. The topological polar surface area (TPSA) is 96.5 Å². The number of nitrogens with one attached hydrogen (secondary N) is 2. The summed E-state index contributed by atoms with van der Waals surface area (Å²) in [6, 6.07) is 17.8. The van der Waals surface area contributed by atoms with E-state index in [9.17, 15) is 4.79 Å². The normalized spacial score (nSPS) is 11.4. The molecule has 0 spiro atoms. The first-order valence-corrected chi connectivity index (χ1v) is 11.5. The molecule has 0 unspecified atom stereocenters. The number of thioether (sulfide) groups is 1. The van der Waals surface area contributed by atoms with Crippen LogP contribution in [0, 0.1) is 6.92 Å². The summed E-state index contributed by atoms with van der Waals surface area (Å²) in [4.78, 5) is 17.6.